The molecule has 0 spiro atoms. The van der Waals surface area contributed by atoms with Crippen LogP contribution in [0, 0.1) is 0 Å². The van der Waals surface area contributed by atoms with Gasteiger partial charge in [-0.25, -0.2) is 4.98 Å². The number of hydrogen-bond acceptors (Lipinski definition) is 6. The van der Waals surface area contributed by atoms with E-state index in [0.717, 1.165) is 21.3 Å². The number of amides is 1. The summed E-state index contributed by atoms with van der Waals surface area (Å²) in [5.74, 6) is 0.565. The number of nitrogens with two attached hydrogens (primary N) is 1. The number of benzene rings is 4. The summed E-state index contributed by atoms with van der Waals surface area (Å²) < 4.78 is 12.9. The second-order valence-corrected chi connectivity index (χ2v) is 10.00. The largest absolute Gasteiger partial charge is 0.489 e. The Morgan fingerprint density at radius 1 is 0.838 bits per heavy atom. The number of halogens is 2. The van der Waals surface area contributed by atoms with Crippen LogP contribution in [-0.2, 0) is 13.2 Å². The maximum Gasteiger partial charge on any atom is 0.257 e. The van der Waals surface area contributed by atoms with E-state index < -0.39 is 0 Å². The number of hydrogen-bond donors (Lipinski definition) is 2. The van der Waals surface area contributed by atoms with Crippen molar-refractivity contribution in [2.75, 3.05) is 11.1 Å². The highest BCUT2D eigenvalue weighted by Crippen LogP contribution is 2.30. The summed E-state index contributed by atoms with van der Waals surface area (Å²) in [4.78, 5) is 17.7. The Kier molecular flexibility index (Phi) is 7.46. The SMILES string of the molecule is Nc1ccc2nc(NC(=O)c3cc(OCc4ccccc4Cl)cc(OCc4ccccc4Cl)c3)sc2c1. The summed E-state index contributed by atoms with van der Waals surface area (Å²) in [5.41, 5.74) is 9.26. The summed E-state index contributed by atoms with van der Waals surface area (Å²) in [6, 6.07) is 25.3. The molecule has 5 rings (SSSR count). The Labute approximate surface area is 227 Å². The summed E-state index contributed by atoms with van der Waals surface area (Å²) in [5, 5.41) is 4.53. The summed E-state index contributed by atoms with van der Waals surface area (Å²) >= 11 is 13.9. The lowest BCUT2D eigenvalue weighted by Gasteiger charge is -2.13. The monoisotopic (exact) mass is 549 g/mol. The molecule has 186 valence electrons. The molecule has 0 aliphatic carbocycles. The van der Waals surface area contributed by atoms with Gasteiger partial charge in [0.2, 0.25) is 0 Å². The molecule has 0 bridgehead atoms. The van der Waals surface area contributed by atoms with Crippen molar-refractivity contribution in [1.29, 1.82) is 0 Å². The predicted molar refractivity (Wildman–Crippen MR) is 150 cm³/mol. The maximum absolute atomic E-state index is 13.2. The fourth-order valence-corrected chi connectivity index (χ4v) is 4.88. The van der Waals surface area contributed by atoms with Crippen molar-refractivity contribution in [3.63, 3.8) is 0 Å². The standard InChI is InChI=1S/C28H21Cl2N3O3S/c29-23-7-3-1-5-17(23)15-35-21-11-19(12-22(14-21)36-16-18-6-2-4-8-24(18)30)27(34)33-28-32-25-10-9-20(31)13-26(25)37-28/h1-14H,15-16,31H2,(H,32,33,34). The molecule has 1 amide bonds. The molecule has 0 fully saturated rings. The molecular formula is C28H21Cl2N3O3S. The van der Waals surface area contributed by atoms with Crippen LogP contribution in [0.25, 0.3) is 10.2 Å². The van der Waals surface area contributed by atoms with Gasteiger partial charge >= 0.3 is 0 Å². The normalized spacial score (nSPS) is 10.9. The number of fused-ring (bicyclic) bond motifs is 1. The predicted octanol–water partition coefficient (Wildman–Crippen LogP) is 7.60. The number of thiazole rings is 1. The van der Waals surface area contributed by atoms with E-state index in [1.165, 1.54) is 11.3 Å². The Bertz CT molecular complexity index is 1520. The summed E-state index contributed by atoms with van der Waals surface area (Å²) in [7, 11) is 0. The van der Waals surface area contributed by atoms with Gasteiger partial charge in [-0.1, -0.05) is 70.9 Å². The van der Waals surface area contributed by atoms with Crippen molar-refractivity contribution in [2.24, 2.45) is 0 Å². The molecule has 0 aliphatic heterocycles. The van der Waals surface area contributed by atoms with Crippen molar-refractivity contribution >= 4 is 61.5 Å². The molecule has 1 heterocycles. The van der Waals surface area contributed by atoms with Crippen LogP contribution in [-0.4, -0.2) is 10.9 Å². The Morgan fingerprint density at radius 2 is 1.43 bits per heavy atom. The van der Waals surface area contributed by atoms with Crippen LogP contribution in [0.15, 0.2) is 84.9 Å². The molecule has 6 nitrogen and oxygen atoms in total. The van der Waals surface area contributed by atoms with E-state index in [1.54, 1.807) is 36.4 Å². The number of nitrogens with zero attached hydrogens (tertiary/aromatic N) is 1. The first-order valence-corrected chi connectivity index (χ1v) is 12.9. The van der Waals surface area contributed by atoms with Crippen molar-refractivity contribution in [2.45, 2.75) is 13.2 Å². The zero-order chi connectivity index (χ0) is 25.8. The van der Waals surface area contributed by atoms with Crippen LogP contribution >= 0.6 is 34.5 Å². The van der Waals surface area contributed by atoms with Crippen molar-refractivity contribution < 1.29 is 14.3 Å². The highest BCUT2D eigenvalue weighted by molar-refractivity contribution is 7.22. The lowest BCUT2D eigenvalue weighted by atomic mass is 10.2. The third-order valence-electron chi connectivity index (χ3n) is 5.48. The lowest BCUT2D eigenvalue weighted by Crippen LogP contribution is -2.12. The van der Waals surface area contributed by atoms with E-state index >= 15 is 0 Å². The Balaban J connectivity index is 1.39. The highest BCUT2D eigenvalue weighted by atomic mass is 35.5. The van der Waals surface area contributed by atoms with E-state index in [2.05, 4.69) is 10.3 Å². The minimum atomic E-state index is -0.349. The number of carbonyl (C=O) groups is 1. The molecule has 0 unspecified atom stereocenters. The lowest BCUT2D eigenvalue weighted by molar-refractivity contribution is 0.102. The number of nitrogens with one attached hydrogen (secondary N) is 1. The molecule has 0 saturated carbocycles. The molecule has 0 saturated heterocycles. The van der Waals surface area contributed by atoms with Gasteiger partial charge in [0.25, 0.3) is 5.91 Å². The van der Waals surface area contributed by atoms with Gasteiger partial charge in [0.15, 0.2) is 5.13 Å². The second-order valence-electron chi connectivity index (χ2n) is 8.15. The molecule has 9 heteroatoms. The first-order valence-electron chi connectivity index (χ1n) is 11.3. The van der Waals surface area contributed by atoms with Gasteiger partial charge < -0.3 is 15.2 Å². The summed E-state index contributed by atoms with van der Waals surface area (Å²) in [6.07, 6.45) is 0. The van der Waals surface area contributed by atoms with Crippen LogP contribution in [0.5, 0.6) is 11.5 Å². The van der Waals surface area contributed by atoms with Crippen LogP contribution in [0.4, 0.5) is 10.8 Å². The van der Waals surface area contributed by atoms with E-state index in [1.807, 2.05) is 48.5 Å². The first-order chi connectivity index (χ1) is 17.9. The topological polar surface area (TPSA) is 86.5 Å². The highest BCUT2D eigenvalue weighted by Gasteiger charge is 2.14. The number of rotatable bonds is 8. The van der Waals surface area contributed by atoms with Crippen molar-refractivity contribution in [3.8, 4) is 11.5 Å². The smallest absolute Gasteiger partial charge is 0.257 e. The van der Waals surface area contributed by atoms with Crippen LogP contribution in [0.3, 0.4) is 0 Å². The van der Waals surface area contributed by atoms with Gasteiger partial charge in [-0.05, 0) is 42.5 Å². The van der Waals surface area contributed by atoms with E-state index in [9.17, 15) is 4.79 Å². The Morgan fingerprint density at radius 3 is 2.03 bits per heavy atom. The number of nitrogen functional groups attached to an aromatic ring is 1. The molecule has 37 heavy (non-hydrogen) atoms. The molecular weight excluding hydrogens is 529 g/mol. The third kappa shape index (κ3) is 6.14. The third-order valence-corrected chi connectivity index (χ3v) is 7.15. The van der Waals surface area contributed by atoms with Gasteiger partial charge in [-0.15, -0.1) is 0 Å². The van der Waals surface area contributed by atoms with Gasteiger partial charge in [0.1, 0.15) is 24.7 Å². The minimum Gasteiger partial charge on any atom is -0.489 e. The van der Waals surface area contributed by atoms with Crippen molar-refractivity contribution in [3.05, 3.63) is 112 Å². The molecule has 3 N–H and O–H groups in total. The van der Waals surface area contributed by atoms with Crippen LogP contribution < -0.4 is 20.5 Å². The molecule has 5 aromatic rings. The average Bonchev–Trinajstić information content (AvgIpc) is 3.29. The van der Waals surface area contributed by atoms with Gasteiger partial charge in [-0.3, -0.25) is 10.1 Å². The van der Waals surface area contributed by atoms with Crippen LogP contribution in [0.2, 0.25) is 10.0 Å². The van der Waals surface area contributed by atoms with Gasteiger partial charge in [-0.2, -0.15) is 0 Å². The number of ether oxygens (including phenoxy) is 2. The zero-order valence-corrected chi connectivity index (χ0v) is 21.7. The van der Waals surface area contributed by atoms with E-state index in [-0.39, 0.29) is 19.1 Å². The Hall–Kier alpha value is -3.78. The molecule has 0 atom stereocenters. The van der Waals surface area contributed by atoms with Gasteiger partial charge in [0.05, 0.1) is 10.2 Å². The molecule has 0 radical (unpaired) electrons. The molecule has 4 aromatic carbocycles. The minimum absolute atomic E-state index is 0.230. The zero-order valence-electron chi connectivity index (χ0n) is 19.4. The number of carbonyl (C=O) groups excluding carboxylic acids is 1. The average molecular weight is 550 g/mol. The summed E-state index contributed by atoms with van der Waals surface area (Å²) in [6.45, 7) is 0.460. The maximum atomic E-state index is 13.2. The fourth-order valence-electron chi connectivity index (χ4n) is 3.59. The second kappa shape index (κ2) is 11.1. The van der Waals surface area contributed by atoms with E-state index in [4.69, 9.17) is 38.4 Å². The fraction of sp³-hybridized carbons (Fsp3) is 0.0714. The van der Waals surface area contributed by atoms with Crippen molar-refractivity contribution in [1.82, 2.24) is 4.98 Å². The van der Waals surface area contributed by atoms with Crippen LogP contribution in [0.1, 0.15) is 21.5 Å². The van der Waals surface area contributed by atoms with E-state index in [0.29, 0.717) is 37.9 Å². The molecule has 0 aliphatic rings. The number of aromatic nitrogens is 1. The first kappa shape index (κ1) is 24.9. The molecule has 1 aromatic heterocycles. The van der Waals surface area contributed by atoms with Gasteiger partial charge in [0, 0.05) is 38.5 Å². The quantitative estimate of drug-likeness (QED) is 0.194. The number of anilines is 2.